The van der Waals surface area contributed by atoms with Gasteiger partial charge in [0.15, 0.2) is 0 Å². The third-order valence-electron chi connectivity index (χ3n) is 2.13. The first-order valence-corrected chi connectivity index (χ1v) is 6.94. The Morgan fingerprint density at radius 3 is 2.71 bits per heavy atom. The van der Waals surface area contributed by atoms with E-state index >= 15 is 0 Å². The number of aromatic nitrogens is 1. The maximum absolute atomic E-state index is 5.84. The molecule has 1 aromatic heterocycles. The highest BCUT2D eigenvalue weighted by molar-refractivity contribution is 9.11. The number of halogens is 3. The molecule has 2 rings (SSSR count). The van der Waals surface area contributed by atoms with Crippen molar-refractivity contribution in [3.05, 3.63) is 51.2 Å². The third kappa shape index (κ3) is 3.21. The summed E-state index contributed by atoms with van der Waals surface area (Å²) in [5, 5.41) is 0. The summed E-state index contributed by atoms with van der Waals surface area (Å²) in [5.41, 5.74) is 0.913. The number of ether oxygens (including phenoxy) is 1. The smallest absolute Gasteiger partial charge is 0.150 e. The van der Waals surface area contributed by atoms with Crippen molar-refractivity contribution in [3.63, 3.8) is 0 Å². The summed E-state index contributed by atoms with van der Waals surface area (Å²) in [5.74, 6) is 1.80. The van der Waals surface area contributed by atoms with Crippen molar-refractivity contribution < 1.29 is 4.74 Å². The average Bonchev–Trinajstić information content (AvgIpc) is 2.33. The molecule has 0 radical (unpaired) electrons. The Morgan fingerprint density at radius 2 is 2.00 bits per heavy atom. The lowest BCUT2D eigenvalue weighted by molar-refractivity contribution is 0.473. The van der Waals surface area contributed by atoms with Crippen LogP contribution in [0.5, 0.6) is 11.5 Å². The lowest BCUT2D eigenvalue weighted by Crippen LogP contribution is -1.91. The van der Waals surface area contributed by atoms with Crippen LogP contribution in [0.25, 0.3) is 0 Å². The minimum atomic E-state index is 0.395. The third-order valence-corrected chi connectivity index (χ3v) is 3.53. The van der Waals surface area contributed by atoms with E-state index in [0.717, 1.165) is 20.3 Å². The first-order valence-electron chi connectivity index (χ1n) is 4.82. The van der Waals surface area contributed by atoms with Gasteiger partial charge in [-0.2, -0.15) is 0 Å². The molecule has 0 unspecified atom stereocenters. The molecule has 0 saturated carbocycles. The second-order valence-corrected chi connectivity index (χ2v) is 5.33. The van der Waals surface area contributed by atoms with E-state index in [0.29, 0.717) is 11.6 Å². The topological polar surface area (TPSA) is 22.1 Å². The van der Waals surface area contributed by atoms with Crippen molar-refractivity contribution in [2.45, 2.75) is 5.88 Å². The highest BCUT2D eigenvalue weighted by atomic mass is 79.9. The van der Waals surface area contributed by atoms with Crippen LogP contribution in [0.2, 0.25) is 0 Å². The van der Waals surface area contributed by atoms with Crippen molar-refractivity contribution in [2.75, 3.05) is 0 Å². The van der Waals surface area contributed by atoms with Crippen LogP contribution in [-0.4, -0.2) is 4.98 Å². The molecule has 0 aliphatic rings. The Hall–Kier alpha value is -0.580. The minimum Gasteiger partial charge on any atom is -0.454 e. The molecule has 1 aromatic carbocycles. The van der Waals surface area contributed by atoms with E-state index in [1.54, 1.807) is 12.4 Å². The van der Waals surface area contributed by atoms with E-state index in [2.05, 4.69) is 36.8 Å². The van der Waals surface area contributed by atoms with Gasteiger partial charge in [-0.1, -0.05) is 15.9 Å². The van der Waals surface area contributed by atoms with Gasteiger partial charge in [-0.3, -0.25) is 4.98 Å². The van der Waals surface area contributed by atoms with Crippen molar-refractivity contribution in [1.82, 2.24) is 4.98 Å². The van der Waals surface area contributed by atoms with E-state index in [1.807, 2.05) is 24.3 Å². The number of nitrogens with zero attached hydrogens (tertiary/aromatic N) is 1. The normalized spacial score (nSPS) is 10.3. The fourth-order valence-corrected chi connectivity index (χ4v) is 2.64. The van der Waals surface area contributed by atoms with Gasteiger partial charge in [0, 0.05) is 16.2 Å². The fraction of sp³-hybridized carbons (Fsp3) is 0.0833. The monoisotopic (exact) mass is 375 g/mol. The van der Waals surface area contributed by atoms with Crippen LogP contribution in [0, 0.1) is 0 Å². The first-order chi connectivity index (χ1) is 8.20. The van der Waals surface area contributed by atoms with E-state index in [9.17, 15) is 0 Å². The van der Waals surface area contributed by atoms with Crippen LogP contribution in [0.3, 0.4) is 0 Å². The van der Waals surface area contributed by atoms with Crippen molar-refractivity contribution >= 4 is 43.5 Å². The van der Waals surface area contributed by atoms with Crippen molar-refractivity contribution in [2.24, 2.45) is 0 Å². The Labute approximate surface area is 121 Å². The Kier molecular flexibility index (Phi) is 4.42. The van der Waals surface area contributed by atoms with E-state index in [-0.39, 0.29) is 0 Å². The molecule has 88 valence electrons. The van der Waals surface area contributed by atoms with Crippen LogP contribution in [0.4, 0.5) is 0 Å². The number of rotatable bonds is 3. The van der Waals surface area contributed by atoms with Crippen LogP contribution in [-0.2, 0) is 5.88 Å². The fourth-order valence-electron chi connectivity index (χ4n) is 1.29. The summed E-state index contributed by atoms with van der Waals surface area (Å²) in [7, 11) is 0. The molecule has 17 heavy (non-hydrogen) atoms. The van der Waals surface area contributed by atoms with Crippen LogP contribution < -0.4 is 4.74 Å². The molecule has 0 aliphatic heterocycles. The highest BCUT2D eigenvalue weighted by Crippen LogP contribution is 2.33. The molecule has 1 heterocycles. The first kappa shape index (κ1) is 12.9. The summed E-state index contributed by atoms with van der Waals surface area (Å²) in [6.07, 6.45) is 3.35. The van der Waals surface area contributed by atoms with Gasteiger partial charge in [-0.05, 0) is 40.2 Å². The van der Waals surface area contributed by atoms with Crippen molar-refractivity contribution in [1.29, 1.82) is 0 Å². The average molecular weight is 377 g/mol. The lowest BCUT2D eigenvalue weighted by atomic mass is 10.3. The molecular formula is C12H8Br2ClNO. The zero-order valence-corrected chi connectivity index (χ0v) is 12.6. The van der Waals surface area contributed by atoms with Gasteiger partial charge in [-0.25, -0.2) is 0 Å². The maximum atomic E-state index is 5.84. The highest BCUT2D eigenvalue weighted by Gasteiger charge is 2.07. The molecule has 0 bridgehead atoms. The second-order valence-electron chi connectivity index (χ2n) is 3.29. The number of benzene rings is 1. The molecule has 0 saturated heterocycles. The predicted octanol–water partition coefficient (Wildman–Crippen LogP) is 5.14. The van der Waals surface area contributed by atoms with Crippen LogP contribution >= 0.6 is 43.5 Å². The van der Waals surface area contributed by atoms with E-state index in [1.165, 1.54) is 0 Å². The zero-order chi connectivity index (χ0) is 12.3. The van der Waals surface area contributed by atoms with Gasteiger partial charge in [0.25, 0.3) is 0 Å². The summed E-state index contributed by atoms with van der Waals surface area (Å²) in [6, 6.07) is 7.55. The molecule has 0 aliphatic carbocycles. The zero-order valence-electron chi connectivity index (χ0n) is 8.66. The second kappa shape index (κ2) is 5.85. The summed E-state index contributed by atoms with van der Waals surface area (Å²) >= 11 is 12.7. The van der Waals surface area contributed by atoms with Gasteiger partial charge in [0.05, 0.1) is 16.5 Å². The van der Waals surface area contributed by atoms with Gasteiger partial charge >= 0.3 is 0 Å². The minimum absolute atomic E-state index is 0.395. The molecule has 2 nitrogen and oxygen atoms in total. The van der Waals surface area contributed by atoms with Gasteiger partial charge in [0.2, 0.25) is 0 Å². The molecule has 5 heteroatoms. The quantitative estimate of drug-likeness (QED) is 0.691. The summed E-state index contributed by atoms with van der Waals surface area (Å²) in [4.78, 5) is 4.03. The lowest BCUT2D eigenvalue weighted by Gasteiger charge is -2.10. The molecular weight excluding hydrogens is 369 g/mol. The predicted molar refractivity (Wildman–Crippen MR) is 75.7 cm³/mol. The van der Waals surface area contributed by atoms with E-state index in [4.69, 9.17) is 16.3 Å². The number of alkyl halides is 1. The molecule has 0 atom stereocenters. The summed E-state index contributed by atoms with van der Waals surface area (Å²) < 4.78 is 7.63. The Bertz CT molecular complexity index is 534. The maximum Gasteiger partial charge on any atom is 0.150 e. The van der Waals surface area contributed by atoms with Crippen LogP contribution in [0.1, 0.15) is 5.56 Å². The number of hydrogen-bond donors (Lipinski definition) is 0. The Morgan fingerprint density at radius 1 is 1.18 bits per heavy atom. The Balaban J connectivity index is 2.31. The van der Waals surface area contributed by atoms with Gasteiger partial charge < -0.3 is 4.74 Å². The standard InChI is InChI=1S/C12H8Br2ClNO/c13-9-1-2-11(10(14)5-9)17-12-7-16-4-3-8(12)6-15/h1-5,7H,6H2. The molecule has 0 fully saturated rings. The largest absolute Gasteiger partial charge is 0.454 e. The van der Waals surface area contributed by atoms with Gasteiger partial charge in [0.1, 0.15) is 11.5 Å². The number of pyridine rings is 1. The molecule has 0 amide bonds. The van der Waals surface area contributed by atoms with E-state index < -0.39 is 0 Å². The SMILES string of the molecule is ClCc1ccncc1Oc1ccc(Br)cc1Br. The van der Waals surface area contributed by atoms with Crippen LogP contribution in [0.15, 0.2) is 45.6 Å². The van der Waals surface area contributed by atoms with Crippen molar-refractivity contribution in [3.8, 4) is 11.5 Å². The number of hydrogen-bond acceptors (Lipinski definition) is 2. The molecule has 0 spiro atoms. The van der Waals surface area contributed by atoms with Gasteiger partial charge in [-0.15, -0.1) is 11.6 Å². The molecule has 2 aromatic rings. The molecule has 0 N–H and O–H groups in total. The summed E-state index contributed by atoms with van der Waals surface area (Å²) in [6.45, 7) is 0.